The lowest BCUT2D eigenvalue weighted by molar-refractivity contribution is -0.141. The molecule has 3 aromatic carbocycles. The molecule has 0 spiro atoms. The largest absolute Gasteiger partial charge is 0.468 e. The Labute approximate surface area is 176 Å². The molecule has 0 bridgehead atoms. The molecule has 0 aliphatic heterocycles. The zero-order chi connectivity index (χ0) is 19.1. The highest BCUT2D eigenvalue weighted by atomic mass is 35.5. The van der Waals surface area contributed by atoms with E-state index in [-0.39, 0.29) is 12.4 Å². The van der Waals surface area contributed by atoms with Crippen LogP contribution in [0.3, 0.4) is 0 Å². The van der Waals surface area contributed by atoms with Crippen molar-refractivity contribution in [1.82, 2.24) is 0 Å². The number of esters is 1. The molecule has 0 aliphatic carbocycles. The smallest absolute Gasteiger partial charge is 0.323 e. The zero-order valence-electron chi connectivity index (χ0n) is 15.7. The van der Waals surface area contributed by atoms with Crippen molar-refractivity contribution in [2.45, 2.75) is 10.8 Å². The number of benzene rings is 3. The highest BCUT2D eigenvalue weighted by molar-refractivity contribution is 8.00. The molecular weight excluding hydrogens is 390 g/mol. The third-order valence-electron chi connectivity index (χ3n) is 4.52. The second kappa shape index (κ2) is 10.3. The lowest BCUT2D eigenvalue weighted by Gasteiger charge is -2.36. The molecule has 3 aromatic rings. The van der Waals surface area contributed by atoms with Crippen LogP contribution in [0.4, 0.5) is 0 Å². The van der Waals surface area contributed by atoms with E-state index in [4.69, 9.17) is 10.5 Å². The molecule has 2 N–H and O–H groups in total. The topological polar surface area (TPSA) is 52.3 Å². The lowest BCUT2D eigenvalue weighted by Crippen LogP contribution is -2.36. The summed E-state index contributed by atoms with van der Waals surface area (Å²) in [6.07, 6.45) is 0. The minimum atomic E-state index is -0.685. The summed E-state index contributed by atoms with van der Waals surface area (Å²) in [5, 5.41) is 0. The van der Waals surface area contributed by atoms with Crippen molar-refractivity contribution in [3.8, 4) is 0 Å². The van der Waals surface area contributed by atoms with Gasteiger partial charge in [-0.25, -0.2) is 0 Å². The fourth-order valence-electron chi connectivity index (χ4n) is 3.20. The van der Waals surface area contributed by atoms with E-state index in [0.29, 0.717) is 5.75 Å². The summed E-state index contributed by atoms with van der Waals surface area (Å²) in [5.41, 5.74) is 9.50. The minimum Gasteiger partial charge on any atom is -0.468 e. The van der Waals surface area contributed by atoms with Gasteiger partial charge in [0.25, 0.3) is 0 Å². The third-order valence-corrected chi connectivity index (χ3v) is 6.19. The van der Waals surface area contributed by atoms with Gasteiger partial charge in [-0.2, -0.15) is 0 Å². The SMILES string of the molecule is COC(=O)C(N)CSC(c1ccccc1)(c1ccccc1)c1ccccc1.Cl. The monoisotopic (exact) mass is 413 g/mol. The van der Waals surface area contributed by atoms with Crippen molar-refractivity contribution >= 4 is 30.1 Å². The molecule has 28 heavy (non-hydrogen) atoms. The average molecular weight is 414 g/mol. The first-order valence-electron chi connectivity index (χ1n) is 8.82. The maximum absolute atomic E-state index is 11.9. The normalized spacial score (nSPS) is 11.9. The second-order valence-electron chi connectivity index (χ2n) is 6.22. The Morgan fingerprint density at radius 1 is 0.857 bits per heavy atom. The first-order chi connectivity index (χ1) is 13.2. The molecule has 3 rings (SSSR count). The summed E-state index contributed by atoms with van der Waals surface area (Å²) >= 11 is 1.65. The Morgan fingerprint density at radius 2 is 1.21 bits per heavy atom. The van der Waals surface area contributed by atoms with E-state index in [0.717, 1.165) is 16.7 Å². The number of hydrogen-bond acceptors (Lipinski definition) is 4. The van der Waals surface area contributed by atoms with E-state index in [2.05, 4.69) is 36.4 Å². The van der Waals surface area contributed by atoms with Crippen molar-refractivity contribution in [2.75, 3.05) is 12.9 Å². The van der Waals surface area contributed by atoms with Gasteiger partial charge < -0.3 is 10.5 Å². The zero-order valence-corrected chi connectivity index (χ0v) is 17.3. The molecule has 0 radical (unpaired) electrons. The van der Waals surface area contributed by atoms with Crippen LogP contribution in [0.25, 0.3) is 0 Å². The van der Waals surface area contributed by atoms with Crippen LogP contribution >= 0.6 is 24.2 Å². The van der Waals surface area contributed by atoms with E-state index in [9.17, 15) is 4.79 Å². The number of ether oxygens (including phenoxy) is 1. The molecule has 5 heteroatoms. The van der Waals surface area contributed by atoms with Crippen molar-refractivity contribution in [1.29, 1.82) is 0 Å². The first kappa shape index (κ1) is 22.0. The van der Waals surface area contributed by atoms with Gasteiger partial charge in [-0.1, -0.05) is 91.0 Å². The van der Waals surface area contributed by atoms with Crippen molar-refractivity contribution < 1.29 is 9.53 Å². The number of carbonyl (C=O) groups is 1. The van der Waals surface area contributed by atoms with Gasteiger partial charge in [-0.3, -0.25) is 4.79 Å². The summed E-state index contributed by atoms with van der Waals surface area (Å²) in [6.45, 7) is 0. The summed E-state index contributed by atoms with van der Waals surface area (Å²) in [5.74, 6) is 0.0383. The van der Waals surface area contributed by atoms with Crippen molar-refractivity contribution in [3.63, 3.8) is 0 Å². The Bertz CT molecular complexity index is 763. The molecule has 0 saturated heterocycles. The maximum atomic E-state index is 11.9. The highest BCUT2D eigenvalue weighted by Crippen LogP contribution is 2.48. The Morgan fingerprint density at radius 3 is 1.54 bits per heavy atom. The highest BCUT2D eigenvalue weighted by Gasteiger charge is 2.37. The van der Waals surface area contributed by atoms with Crippen LogP contribution in [0.2, 0.25) is 0 Å². The quantitative estimate of drug-likeness (QED) is 0.453. The third kappa shape index (κ3) is 4.58. The summed E-state index contributed by atoms with van der Waals surface area (Å²) < 4.78 is 4.34. The number of hydrogen-bond donors (Lipinski definition) is 1. The van der Waals surface area contributed by atoms with Crippen LogP contribution in [0.5, 0.6) is 0 Å². The van der Waals surface area contributed by atoms with Crippen LogP contribution in [0, 0.1) is 0 Å². The molecule has 1 unspecified atom stereocenters. The summed E-state index contributed by atoms with van der Waals surface area (Å²) in [7, 11) is 1.37. The number of methoxy groups -OCH3 is 1. The van der Waals surface area contributed by atoms with Gasteiger partial charge in [0.05, 0.1) is 11.9 Å². The molecule has 0 aliphatic rings. The van der Waals surface area contributed by atoms with Gasteiger partial charge in [0, 0.05) is 5.75 Å². The molecule has 0 aromatic heterocycles. The van der Waals surface area contributed by atoms with Gasteiger partial charge in [0.1, 0.15) is 6.04 Å². The maximum Gasteiger partial charge on any atom is 0.323 e. The molecule has 146 valence electrons. The number of carbonyl (C=O) groups excluding carboxylic acids is 1. The standard InChI is InChI=1S/C23H23NO2S.ClH/c1-26-22(25)21(24)17-27-23(18-11-5-2-6-12-18,19-13-7-3-8-14-19)20-15-9-4-10-16-20;/h2-16,21H,17,24H2,1H3;1H. The Hall–Kier alpha value is -2.27. The average Bonchev–Trinajstić information content (AvgIpc) is 2.75. The molecule has 0 amide bonds. The molecule has 0 fully saturated rings. The van der Waals surface area contributed by atoms with Gasteiger partial charge in [0.15, 0.2) is 0 Å². The number of rotatable bonds is 7. The van der Waals surface area contributed by atoms with Crippen molar-refractivity contribution in [3.05, 3.63) is 108 Å². The van der Waals surface area contributed by atoms with Gasteiger partial charge in [-0.15, -0.1) is 24.2 Å². The summed E-state index contributed by atoms with van der Waals surface area (Å²) in [4.78, 5) is 11.9. The number of nitrogens with two attached hydrogens (primary N) is 1. The number of thioether (sulfide) groups is 1. The second-order valence-corrected chi connectivity index (χ2v) is 7.45. The van der Waals surface area contributed by atoms with E-state index in [1.165, 1.54) is 7.11 Å². The first-order valence-corrected chi connectivity index (χ1v) is 9.81. The Balaban J connectivity index is 0.00000280. The number of halogens is 1. The van der Waals surface area contributed by atoms with E-state index in [1.807, 2.05) is 54.6 Å². The predicted octanol–water partition coefficient (Wildman–Crippen LogP) is 4.63. The Kier molecular flexibility index (Phi) is 8.12. The molecule has 3 nitrogen and oxygen atoms in total. The van der Waals surface area contributed by atoms with E-state index in [1.54, 1.807) is 11.8 Å². The molecule has 1 atom stereocenters. The van der Waals surface area contributed by atoms with E-state index < -0.39 is 16.8 Å². The van der Waals surface area contributed by atoms with Crippen LogP contribution in [0.1, 0.15) is 16.7 Å². The van der Waals surface area contributed by atoms with Gasteiger partial charge in [0.2, 0.25) is 0 Å². The molecule has 0 saturated carbocycles. The van der Waals surface area contributed by atoms with Crippen LogP contribution in [-0.4, -0.2) is 24.9 Å². The fraction of sp³-hybridized carbons (Fsp3) is 0.174. The fourth-order valence-corrected chi connectivity index (χ4v) is 4.68. The summed E-state index contributed by atoms with van der Waals surface area (Å²) in [6, 6.07) is 30.3. The van der Waals surface area contributed by atoms with Crippen LogP contribution < -0.4 is 5.73 Å². The van der Waals surface area contributed by atoms with Crippen LogP contribution in [0.15, 0.2) is 91.0 Å². The lowest BCUT2D eigenvalue weighted by atomic mass is 9.84. The van der Waals surface area contributed by atoms with E-state index >= 15 is 0 Å². The molecule has 0 heterocycles. The predicted molar refractivity (Wildman–Crippen MR) is 119 cm³/mol. The van der Waals surface area contributed by atoms with Gasteiger partial charge in [-0.05, 0) is 16.7 Å². The van der Waals surface area contributed by atoms with Crippen molar-refractivity contribution in [2.24, 2.45) is 5.73 Å². The minimum absolute atomic E-state index is 0. The van der Waals surface area contributed by atoms with Crippen LogP contribution in [-0.2, 0) is 14.3 Å². The molecular formula is C23H24ClNO2S. The van der Waals surface area contributed by atoms with Gasteiger partial charge >= 0.3 is 5.97 Å².